The zero-order valence-corrected chi connectivity index (χ0v) is 12.7. The number of carbonyl (C=O) groups is 1. The summed E-state index contributed by atoms with van der Waals surface area (Å²) in [6.07, 6.45) is 0. The Labute approximate surface area is 129 Å². The van der Waals surface area contributed by atoms with Gasteiger partial charge in [0.2, 0.25) is 5.91 Å². The zero-order chi connectivity index (χ0) is 14.7. The van der Waals surface area contributed by atoms with Crippen LogP contribution in [0.15, 0.2) is 46.9 Å². The normalized spacial score (nSPS) is 10.1. The molecule has 0 saturated heterocycles. The van der Waals surface area contributed by atoms with E-state index in [1.54, 1.807) is 42.5 Å². The molecule has 0 atom stereocenters. The van der Waals surface area contributed by atoms with Crippen molar-refractivity contribution >= 4 is 39.0 Å². The zero-order valence-electron chi connectivity index (χ0n) is 10.3. The van der Waals surface area contributed by atoms with E-state index in [0.717, 1.165) is 10.0 Å². The maximum Gasteiger partial charge on any atom is 0.248 e. The molecule has 0 bridgehead atoms. The molecule has 4 nitrogen and oxygen atoms in total. The van der Waals surface area contributed by atoms with E-state index in [1.165, 1.54) is 0 Å². The minimum Gasteiger partial charge on any atom is -0.456 e. The average Bonchev–Trinajstić information content (AvgIpc) is 2.41. The van der Waals surface area contributed by atoms with E-state index < -0.39 is 5.91 Å². The van der Waals surface area contributed by atoms with Gasteiger partial charge in [0.1, 0.15) is 16.5 Å². The van der Waals surface area contributed by atoms with E-state index in [4.69, 9.17) is 28.4 Å². The number of hydrogen-bond acceptors (Lipinski definition) is 3. The number of primary amides is 1. The first-order valence-corrected chi connectivity index (χ1v) is 6.84. The smallest absolute Gasteiger partial charge is 0.248 e. The van der Waals surface area contributed by atoms with Gasteiger partial charge < -0.3 is 16.2 Å². The maximum atomic E-state index is 11.0. The second-order valence-electron chi connectivity index (χ2n) is 4.00. The van der Waals surface area contributed by atoms with Crippen LogP contribution in [-0.2, 0) is 0 Å². The molecule has 20 heavy (non-hydrogen) atoms. The second-order valence-corrected chi connectivity index (χ2v) is 5.29. The Morgan fingerprint density at radius 2 is 1.65 bits per heavy atom. The van der Waals surface area contributed by atoms with Crippen LogP contribution >= 0.6 is 28.1 Å². The molecular formula is C14H11BrN2O2S. The number of nitrogens with two attached hydrogens (primary N) is 2. The van der Waals surface area contributed by atoms with E-state index >= 15 is 0 Å². The summed E-state index contributed by atoms with van der Waals surface area (Å²) in [5.74, 6) is 0.745. The topological polar surface area (TPSA) is 78.3 Å². The SMILES string of the molecule is NC(=O)c1ccc(Oc2ccc(C(N)=S)cc2Br)cc1. The highest BCUT2D eigenvalue weighted by molar-refractivity contribution is 9.10. The standard InChI is InChI=1S/C14H11BrN2O2S/c15-11-7-9(14(17)20)3-6-12(11)19-10-4-1-8(2-5-10)13(16)18/h1-7H,(H2,16,18)(H2,17,20). The fourth-order valence-corrected chi connectivity index (χ4v) is 2.14. The Hall–Kier alpha value is -1.92. The first kappa shape index (κ1) is 14.5. The van der Waals surface area contributed by atoms with Crippen molar-refractivity contribution < 1.29 is 9.53 Å². The van der Waals surface area contributed by atoms with Crippen LogP contribution in [0.2, 0.25) is 0 Å². The first-order chi connectivity index (χ1) is 9.47. The van der Waals surface area contributed by atoms with Crippen LogP contribution in [-0.4, -0.2) is 10.9 Å². The first-order valence-electron chi connectivity index (χ1n) is 5.64. The van der Waals surface area contributed by atoms with Crippen LogP contribution in [0.3, 0.4) is 0 Å². The molecule has 0 heterocycles. The molecule has 2 rings (SSSR count). The number of halogens is 1. The molecule has 0 spiro atoms. The van der Waals surface area contributed by atoms with Crippen molar-refractivity contribution in [3.63, 3.8) is 0 Å². The minimum absolute atomic E-state index is 0.322. The molecule has 0 unspecified atom stereocenters. The van der Waals surface area contributed by atoms with Gasteiger partial charge in [-0.15, -0.1) is 0 Å². The number of benzene rings is 2. The fourth-order valence-electron chi connectivity index (χ4n) is 1.55. The van der Waals surface area contributed by atoms with Crippen molar-refractivity contribution in [3.8, 4) is 11.5 Å². The lowest BCUT2D eigenvalue weighted by Gasteiger charge is -2.09. The molecule has 0 radical (unpaired) electrons. The Morgan fingerprint density at radius 3 is 2.15 bits per heavy atom. The minimum atomic E-state index is -0.474. The molecule has 6 heteroatoms. The molecule has 0 aliphatic rings. The van der Waals surface area contributed by atoms with Gasteiger partial charge in [0, 0.05) is 11.1 Å². The Kier molecular flexibility index (Phi) is 4.36. The van der Waals surface area contributed by atoms with Crippen molar-refractivity contribution in [2.45, 2.75) is 0 Å². The molecule has 0 aliphatic carbocycles. The van der Waals surface area contributed by atoms with Gasteiger partial charge in [-0.25, -0.2) is 0 Å². The third-order valence-electron chi connectivity index (χ3n) is 2.58. The van der Waals surface area contributed by atoms with Crippen LogP contribution in [0.1, 0.15) is 15.9 Å². The van der Waals surface area contributed by atoms with Crippen molar-refractivity contribution in [2.75, 3.05) is 0 Å². The molecular weight excluding hydrogens is 340 g/mol. The van der Waals surface area contributed by atoms with Gasteiger partial charge in [-0.05, 0) is 58.4 Å². The van der Waals surface area contributed by atoms with Gasteiger partial charge in [0.15, 0.2) is 0 Å². The number of rotatable bonds is 4. The van der Waals surface area contributed by atoms with Crippen LogP contribution < -0.4 is 16.2 Å². The molecule has 1 amide bonds. The number of thiocarbonyl (C=S) groups is 1. The van der Waals surface area contributed by atoms with Crippen molar-refractivity contribution in [2.24, 2.45) is 11.5 Å². The van der Waals surface area contributed by atoms with Gasteiger partial charge in [-0.3, -0.25) is 4.79 Å². The number of hydrogen-bond donors (Lipinski definition) is 2. The highest BCUT2D eigenvalue weighted by atomic mass is 79.9. The lowest BCUT2D eigenvalue weighted by atomic mass is 10.2. The summed E-state index contributed by atoms with van der Waals surface area (Å²) in [6.45, 7) is 0. The van der Waals surface area contributed by atoms with E-state index in [-0.39, 0.29) is 0 Å². The third kappa shape index (κ3) is 3.34. The summed E-state index contributed by atoms with van der Waals surface area (Å²) in [6, 6.07) is 11.9. The predicted molar refractivity (Wildman–Crippen MR) is 85.1 cm³/mol. The predicted octanol–water partition coefficient (Wildman–Crippen LogP) is 2.97. The van der Waals surface area contributed by atoms with Gasteiger partial charge in [0.05, 0.1) is 4.47 Å². The molecule has 2 aromatic carbocycles. The van der Waals surface area contributed by atoms with E-state index in [9.17, 15) is 4.79 Å². The summed E-state index contributed by atoms with van der Waals surface area (Å²) in [5.41, 5.74) is 11.9. The number of amides is 1. The summed E-state index contributed by atoms with van der Waals surface area (Å²) in [7, 11) is 0. The second kappa shape index (κ2) is 6.02. The quantitative estimate of drug-likeness (QED) is 0.830. The summed E-state index contributed by atoms with van der Waals surface area (Å²) in [4.78, 5) is 11.3. The van der Waals surface area contributed by atoms with Crippen molar-refractivity contribution in [1.29, 1.82) is 0 Å². The lowest BCUT2D eigenvalue weighted by molar-refractivity contribution is 0.100. The largest absolute Gasteiger partial charge is 0.456 e. The summed E-state index contributed by atoms with van der Waals surface area (Å²) < 4.78 is 6.43. The average molecular weight is 351 g/mol. The highest BCUT2D eigenvalue weighted by Crippen LogP contribution is 2.30. The van der Waals surface area contributed by atoms with Crippen LogP contribution in [0.4, 0.5) is 0 Å². The van der Waals surface area contributed by atoms with Crippen LogP contribution in [0.25, 0.3) is 0 Å². The Morgan fingerprint density at radius 1 is 1.05 bits per heavy atom. The molecule has 0 fully saturated rings. The van der Waals surface area contributed by atoms with Crippen molar-refractivity contribution in [1.82, 2.24) is 0 Å². The molecule has 4 N–H and O–H groups in total. The van der Waals surface area contributed by atoms with Crippen LogP contribution in [0.5, 0.6) is 11.5 Å². The van der Waals surface area contributed by atoms with Crippen molar-refractivity contribution in [3.05, 3.63) is 58.1 Å². The van der Waals surface area contributed by atoms with Gasteiger partial charge in [-0.1, -0.05) is 12.2 Å². The highest BCUT2D eigenvalue weighted by Gasteiger charge is 2.06. The third-order valence-corrected chi connectivity index (χ3v) is 3.44. The molecule has 2 aromatic rings. The molecule has 102 valence electrons. The summed E-state index contributed by atoms with van der Waals surface area (Å²) in [5, 5.41) is 0. The van der Waals surface area contributed by atoms with Gasteiger partial charge in [0.25, 0.3) is 0 Å². The Bertz CT molecular complexity index is 671. The van der Waals surface area contributed by atoms with E-state index in [2.05, 4.69) is 15.9 Å². The monoisotopic (exact) mass is 350 g/mol. The molecule has 0 aromatic heterocycles. The van der Waals surface area contributed by atoms with E-state index in [0.29, 0.717) is 22.1 Å². The van der Waals surface area contributed by atoms with Gasteiger partial charge in [-0.2, -0.15) is 0 Å². The molecule has 0 aliphatic heterocycles. The number of ether oxygens (including phenoxy) is 1. The molecule has 0 saturated carbocycles. The van der Waals surface area contributed by atoms with E-state index in [1.807, 2.05) is 0 Å². The van der Waals surface area contributed by atoms with Gasteiger partial charge >= 0.3 is 0 Å². The lowest BCUT2D eigenvalue weighted by Crippen LogP contribution is -2.10. The number of carbonyl (C=O) groups excluding carboxylic acids is 1. The Balaban J connectivity index is 2.21. The fraction of sp³-hybridized carbons (Fsp3) is 0. The van der Waals surface area contributed by atoms with Crippen LogP contribution in [0, 0.1) is 0 Å². The maximum absolute atomic E-state index is 11.0. The summed E-state index contributed by atoms with van der Waals surface area (Å²) >= 11 is 8.30.